The first-order valence-electron chi connectivity index (χ1n) is 9.88. The molecule has 1 aromatic heterocycles. The Hall–Kier alpha value is -0.866. The average molecular weight is 509 g/mol. The normalized spacial score (nSPS) is 9.56. The molecule has 1 rings (SSSR count). The van der Waals surface area contributed by atoms with Gasteiger partial charge in [0.25, 0.3) is 0 Å². The molecule has 176 valence electrons. The van der Waals surface area contributed by atoms with Gasteiger partial charge in [-0.15, -0.1) is 47.7 Å². The fraction of sp³-hybridized carbons (Fsp3) is 0.600. The fourth-order valence-electron chi connectivity index (χ4n) is 1.94. The van der Waals surface area contributed by atoms with E-state index in [1.165, 1.54) is 17.0 Å². The molecule has 2 N–H and O–H groups in total. The standard InChI is InChI=1S/C10H19N3OSi.C7H15ClSi.C3H4O.N3.Na/c1-4-15(2,3)7-5-6-13-8-10(9-14)11-12-13;1-4-9(2,3)7-5-6-8;1-2-3-4;1-3-2;/h4,8,14H,1,5-7,9H2,2-3H3;4H,1,5-7H2,2-3H3;1,4H,3H2;;/q;;;-1;+1. The molecule has 0 aliphatic heterocycles. The average Bonchev–Trinajstić information content (AvgIpc) is 3.21. The van der Waals surface area contributed by atoms with E-state index in [1.807, 2.05) is 5.92 Å². The minimum absolute atomic E-state index is 0. The number of aromatic nitrogens is 3. The van der Waals surface area contributed by atoms with Crippen molar-refractivity contribution in [1.29, 1.82) is 0 Å². The molecule has 0 amide bonds. The van der Waals surface area contributed by atoms with E-state index >= 15 is 0 Å². The van der Waals surface area contributed by atoms with Crippen molar-refractivity contribution in [3.63, 3.8) is 0 Å². The third-order valence-corrected chi connectivity index (χ3v) is 9.87. The van der Waals surface area contributed by atoms with E-state index in [-0.39, 0.29) is 42.8 Å². The molecular formula is C20H38ClN6NaO2Si2. The fourth-order valence-corrected chi connectivity index (χ4v) is 4.87. The van der Waals surface area contributed by atoms with Crippen LogP contribution in [0.15, 0.2) is 30.8 Å². The van der Waals surface area contributed by atoms with E-state index in [0.29, 0.717) is 5.69 Å². The molecule has 0 spiro atoms. The zero-order chi connectivity index (χ0) is 24.8. The largest absolute Gasteiger partial charge is 1.00 e. The molecule has 0 fully saturated rings. The van der Waals surface area contributed by atoms with Gasteiger partial charge in [0.2, 0.25) is 0 Å². The van der Waals surface area contributed by atoms with Crippen LogP contribution in [0, 0.1) is 12.3 Å². The third kappa shape index (κ3) is 27.2. The molecule has 1 heterocycles. The number of alkyl halides is 1. The summed E-state index contributed by atoms with van der Waals surface area (Å²) in [4.78, 5) is 1.50. The second-order valence-electron chi connectivity index (χ2n) is 7.86. The first kappa shape index (κ1) is 38.4. The summed E-state index contributed by atoms with van der Waals surface area (Å²) in [5.41, 5.74) is 18.4. The third-order valence-electron chi connectivity index (χ3n) is 4.11. The van der Waals surface area contributed by atoms with Crippen LogP contribution >= 0.6 is 11.6 Å². The van der Waals surface area contributed by atoms with Crippen molar-refractivity contribution >= 4 is 27.7 Å². The maximum absolute atomic E-state index is 8.82. The number of aliphatic hydroxyl groups excluding tert-OH is 2. The molecule has 0 aliphatic carbocycles. The summed E-state index contributed by atoms with van der Waals surface area (Å²) >= 11 is 5.55. The van der Waals surface area contributed by atoms with Crippen molar-refractivity contribution in [2.24, 2.45) is 0 Å². The molecule has 0 radical (unpaired) electrons. The van der Waals surface area contributed by atoms with E-state index in [9.17, 15) is 0 Å². The summed E-state index contributed by atoms with van der Waals surface area (Å²) in [6, 6.07) is 2.49. The molecule has 8 nitrogen and oxygen atoms in total. The number of nitrogens with zero attached hydrogens (tertiary/aromatic N) is 6. The maximum atomic E-state index is 8.82. The molecule has 0 saturated carbocycles. The smallest absolute Gasteiger partial charge is 0.390 e. The van der Waals surface area contributed by atoms with Crippen LogP contribution in [0.2, 0.25) is 38.3 Å². The summed E-state index contributed by atoms with van der Waals surface area (Å²) in [6.07, 6.45) is 8.56. The Bertz CT molecular complexity index is 675. The van der Waals surface area contributed by atoms with E-state index in [1.54, 1.807) is 10.9 Å². The van der Waals surface area contributed by atoms with Crippen LogP contribution in [0.4, 0.5) is 0 Å². The van der Waals surface area contributed by atoms with Gasteiger partial charge in [-0.05, 0) is 12.8 Å². The summed E-state index contributed by atoms with van der Waals surface area (Å²) < 4.78 is 1.79. The van der Waals surface area contributed by atoms with Gasteiger partial charge in [-0.3, -0.25) is 9.59 Å². The van der Waals surface area contributed by atoms with Crippen LogP contribution in [0.5, 0.6) is 0 Å². The first-order chi connectivity index (χ1) is 14.5. The molecular weight excluding hydrogens is 471 g/mol. The number of hydrogen-bond donors (Lipinski definition) is 2. The molecule has 0 bridgehead atoms. The Labute approximate surface area is 222 Å². The second kappa shape index (κ2) is 24.8. The number of halogens is 1. The Morgan fingerprint density at radius 3 is 1.91 bits per heavy atom. The van der Waals surface area contributed by atoms with Crippen molar-refractivity contribution < 1.29 is 39.8 Å². The molecule has 0 atom stereocenters. The summed E-state index contributed by atoms with van der Waals surface area (Å²) in [7, 11) is -2.20. The number of hydrogen-bond acceptors (Lipinski definition) is 4. The zero-order valence-electron chi connectivity index (χ0n) is 20.3. The van der Waals surface area contributed by atoms with Gasteiger partial charge >= 0.3 is 29.6 Å². The van der Waals surface area contributed by atoms with E-state index in [2.05, 4.69) is 67.5 Å². The maximum Gasteiger partial charge on any atom is 1.00 e. The second-order valence-corrected chi connectivity index (χ2v) is 18.0. The number of terminal acetylenes is 1. The quantitative estimate of drug-likeness (QED) is 0.125. The van der Waals surface area contributed by atoms with Gasteiger partial charge in [0.05, 0.1) is 29.0 Å². The SMILES string of the molecule is C#CCO.C=C[Si](C)(C)CCCCl.C=C[Si](C)(C)CCCn1cc(CO)nn1.[N-]=[N+]=[N-].[Na+]. The van der Waals surface area contributed by atoms with Gasteiger partial charge in [0.15, 0.2) is 0 Å². The Kier molecular flexibility index (Phi) is 29.7. The molecule has 12 heteroatoms. The summed E-state index contributed by atoms with van der Waals surface area (Å²) in [5.74, 6) is 2.78. The molecule has 0 saturated heterocycles. The minimum atomic E-state index is -1.18. The van der Waals surface area contributed by atoms with Crippen molar-refractivity contribution in [3.8, 4) is 12.3 Å². The van der Waals surface area contributed by atoms with Crippen LogP contribution in [0.3, 0.4) is 0 Å². The van der Waals surface area contributed by atoms with Crippen molar-refractivity contribution in [2.75, 3.05) is 12.5 Å². The van der Waals surface area contributed by atoms with Gasteiger partial charge in [-0.25, -0.2) is 0 Å². The topological polar surface area (TPSA) is 130 Å². The summed E-state index contributed by atoms with van der Waals surface area (Å²) in [6.45, 7) is 17.6. The van der Waals surface area contributed by atoms with Crippen LogP contribution < -0.4 is 29.6 Å². The van der Waals surface area contributed by atoms with Gasteiger partial charge in [0.1, 0.15) is 12.3 Å². The summed E-state index contributed by atoms with van der Waals surface area (Å²) in [5, 5.41) is 24.2. The molecule has 1 aromatic rings. The van der Waals surface area contributed by atoms with Gasteiger partial charge in [0, 0.05) is 12.4 Å². The van der Waals surface area contributed by atoms with Crippen LogP contribution in [0.1, 0.15) is 18.5 Å². The van der Waals surface area contributed by atoms with Crippen molar-refractivity contribution in [3.05, 3.63) is 52.4 Å². The Morgan fingerprint density at radius 2 is 1.59 bits per heavy atom. The molecule has 0 unspecified atom stereocenters. The first-order valence-corrected chi connectivity index (χ1v) is 17.0. The van der Waals surface area contributed by atoms with Crippen molar-refractivity contribution in [1.82, 2.24) is 15.0 Å². The molecule has 0 aliphatic rings. The number of aryl methyl sites for hydroxylation is 1. The zero-order valence-corrected chi connectivity index (χ0v) is 25.1. The minimum Gasteiger partial charge on any atom is -0.390 e. The predicted molar refractivity (Wildman–Crippen MR) is 137 cm³/mol. The van der Waals surface area contributed by atoms with E-state index in [0.717, 1.165) is 25.3 Å². The Morgan fingerprint density at radius 1 is 1.16 bits per heavy atom. The van der Waals surface area contributed by atoms with Gasteiger partial charge < -0.3 is 21.3 Å². The van der Waals surface area contributed by atoms with Gasteiger partial charge in [-0.1, -0.05) is 49.4 Å². The van der Waals surface area contributed by atoms with Crippen LogP contribution in [-0.4, -0.2) is 53.8 Å². The van der Waals surface area contributed by atoms with Crippen LogP contribution in [-0.2, 0) is 13.2 Å². The van der Waals surface area contributed by atoms with Crippen molar-refractivity contribution in [2.45, 2.75) is 64.3 Å². The number of rotatable bonds is 10. The van der Waals surface area contributed by atoms with Gasteiger partial charge in [-0.2, -0.15) is 0 Å². The van der Waals surface area contributed by atoms with E-state index in [4.69, 9.17) is 32.9 Å². The monoisotopic (exact) mass is 508 g/mol. The molecule has 32 heavy (non-hydrogen) atoms. The van der Waals surface area contributed by atoms with E-state index < -0.39 is 16.1 Å². The Balaban J connectivity index is -0.000000197. The predicted octanol–water partition coefficient (Wildman–Crippen LogP) is 2.12. The molecule has 0 aromatic carbocycles. The van der Waals surface area contributed by atoms with Crippen LogP contribution in [0.25, 0.3) is 16.0 Å². The number of aliphatic hydroxyl groups is 2.